The zero-order chi connectivity index (χ0) is 16.8. The van der Waals surface area contributed by atoms with Crippen molar-refractivity contribution in [3.05, 3.63) is 12.2 Å². The van der Waals surface area contributed by atoms with E-state index in [4.69, 9.17) is 14.6 Å². The fourth-order valence-corrected chi connectivity index (χ4v) is 1.98. The first kappa shape index (κ1) is 21.1. The zero-order valence-electron chi connectivity index (χ0n) is 14.1. The Morgan fingerprint density at radius 3 is 2.41 bits per heavy atom. The van der Waals surface area contributed by atoms with Gasteiger partial charge in [0.15, 0.2) is 0 Å². The Labute approximate surface area is 134 Å². The van der Waals surface area contributed by atoms with Gasteiger partial charge in [0.05, 0.1) is 19.3 Å². The van der Waals surface area contributed by atoms with Crippen LogP contribution in [0.25, 0.3) is 0 Å². The van der Waals surface area contributed by atoms with E-state index in [2.05, 4.69) is 13.5 Å². The van der Waals surface area contributed by atoms with Crippen molar-refractivity contribution in [2.45, 2.75) is 71.0 Å². The second-order valence-electron chi connectivity index (χ2n) is 5.72. The minimum Gasteiger partial charge on any atom is -0.456 e. The standard InChI is InChI=1S/C17H32O5/c1-4-5-6-7-8-9-10-21-13-16(11-15(19)12-18)22-17(20)14(2)3/h15-16,18-19H,2,4-13H2,1,3H3. The predicted molar refractivity (Wildman–Crippen MR) is 86.6 cm³/mol. The molecule has 130 valence electrons. The van der Waals surface area contributed by atoms with Gasteiger partial charge in [-0.1, -0.05) is 45.6 Å². The van der Waals surface area contributed by atoms with Gasteiger partial charge in [0.2, 0.25) is 0 Å². The molecule has 2 N–H and O–H groups in total. The van der Waals surface area contributed by atoms with Crippen LogP contribution in [0.15, 0.2) is 12.2 Å². The van der Waals surface area contributed by atoms with Crippen molar-refractivity contribution in [2.75, 3.05) is 19.8 Å². The van der Waals surface area contributed by atoms with Crippen LogP contribution in [-0.4, -0.2) is 48.2 Å². The summed E-state index contributed by atoms with van der Waals surface area (Å²) in [6.07, 6.45) is 5.78. The normalized spacial score (nSPS) is 13.6. The van der Waals surface area contributed by atoms with E-state index in [9.17, 15) is 9.90 Å². The van der Waals surface area contributed by atoms with Gasteiger partial charge in [-0.2, -0.15) is 0 Å². The maximum Gasteiger partial charge on any atom is 0.333 e. The lowest BCUT2D eigenvalue weighted by Gasteiger charge is -2.20. The summed E-state index contributed by atoms with van der Waals surface area (Å²) >= 11 is 0. The molecule has 0 saturated carbocycles. The molecule has 0 aliphatic carbocycles. The van der Waals surface area contributed by atoms with E-state index in [1.165, 1.54) is 25.7 Å². The number of unbranched alkanes of at least 4 members (excludes halogenated alkanes) is 5. The van der Waals surface area contributed by atoms with E-state index in [1.54, 1.807) is 6.92 Å². The lowest BCUT2D eigenvalue weighted by molar-refractivity contribution is -0.149. The number of carbonyl (C=O) groups is 1. The Morgan fingerprint density at radius 2 is 1.82 bits per heavy atom. The number of ether oxygens (including phenoxy) is 2. The van der Waals surface area contributed by atoms with Gasteiger partial charge < -0.3 is 19.7 Å². The minimum absolute atomic E-state index is 0.159. The molecule has 5 nitrogen and oxygen atoms in total. The Kier molecular flexibility index (Phi) is 13.2. The highest BCUT2D eigenvalue weighted by Gasteiger charge is 2.19. The topological polar surface area (TPSA) is 76.0 Å². The van der Waals surface area contributed by atoms with E-state index in [0.717, 1.165) is 12.8 Å². The van der Waals surface area contributed by atoms with Gasteiger partial charge in [0.1, 0.15) is 6.10 Å². The van der Waals surface area contributed by atoms with Crippen LogP contribution >= 0.6 is 0 Å². The Balaban J connectivity index is 3.92. The van der Waals surface area contributed by atoms with Gasteiger partial charge in [0.25, 0.3) is 0 Å². The van der Waals surface area contributed by atoms with Crippen LogP contribution in [0, 0.1) is 0 Å². The molecule has 0 aromatic carbocycles. The number of rotatable bonds is 14. The van der Waals surface area contributed by atoms with Crippen molar-refractivity contribution in [3.63, 3.8) is 0 Å². The number of esters is 1. The summed E-state index contributed by atoms with van der Waals surface area (Å²) < 4.78 is 10.7. The molecule has 2 atom stereocenters. The van der Waals surface area contributed by atoms with Crippen LogP contribution in [0.2, 0.25) is 0 Å². The summed E-state index contributed by atoms with van der Waals surface area (Å²) in [5.74, 6) is -0.502. The summed E-state index contributed by atoms with van der Waals surface area (Å²) in [4.78, 5) is 11.5. The molecule has 0 amide bonds. The van der Waals surface area contributed by atoms with Crippen molar-refractivity contribution in [2.24, 2.45) is 0 Å². The SMILES string of the molecule is C=C(C)C(=O)OC(COCCCCCCCC)CC(O)CO. The van der Waals surface area contributed by atoms with E-state index < -0.39 is 18.2 Å². The van der Waals surface area contributed by atoms with Crippen molar-refractivity contribution < 1.29 is 24.5 Å². The second kappa shape index (κ2) is 13.7. The van der Waals surface area contributed by atoms with Crippen molar-refractivity contribution >= 4 is 5.97 Å². The summed E-state index contributed by atoms with van der Waals surface area (Å²) in [5, 5.41) is 18.4. The average Bonchev–Trinajstić information content (AvgIpc) is 2.49. The number of hydrogen-bond donors (Lipinski definition) is 2. The van der Waals surface area contributed by atoms with Crippen LogP contribution in [0.1, 0.15) is 58.8 Å². The van der Waals surface area contributed by atoms with Gasteiger partial charge in [0, 0.05) is 18.6 Å². The predicted octanol–water partition coefficient (Wildman–Crippen LogP) is 2.59. The van der Waals surface area contributed by atoms with Gasteiger partial charge >= 0.3 is 5.97 Å². The molecule has 0 fully saturated rings. The largest absolute Gasteiger partial charge is 0.456 e. The van der Waals surface area contributed by atoms with Gasteiger partial charge in [-0.3, -0.25) is 0 Å². The van der Waals surface area contributed by atoms with Gasteiger partial charge in [-0.25, -0.2) is 4.79 Å². The number of hydrogen-bond acceptors (Lipinski definition) is 5. The highest BCUT2D eigenvalue weighted by atomic mass is 16.6. The number of aliphatic hydroxyl groups is 2. The van der Waals surface area contributed by atoms with Crippen LogP contribution in [0.5, 0.6) is 0 Å². The van der Waals surface area contributed by atoms with Crippen LogP contribution in [-0.2, 0) is 14.3 Å². The van der Waals surface area contributed by atoms with Crippen molar-refractivity contribution in [1.82, 2.24) is 0 Å². The van der Waals surface area contributed by atoms with E-state index in [-0.39, 0.29) is 19.6 Å². The Morgan fingerprint density at radius 1 is 1.18 bits per heavy atom. The molecule has 0 radical (unpaired) electrons. The molecule has 0 aromatic heterocycles. The zero-order valence-corrected chi connectivity index (χ0v) is 14.1. The lowest BCUT2D eigenvalue weighted by Crippen LogP contribution is -2.30. The Hall–Kier alpha value is -0.910. The molecule has 0 aliphatic rings. The first-order valence-corrected chi connectivity index (χ1v) is 8.24. The highest BCUT2D eigenvalue weighted by molar-refractivity contribution is 5.87. The van der Waals surface area contributed by atoms with Gasteiger partial charge in [-0.05, 0) is 13.3 Å². The monoisotopic (exact) mass is 316 g/mol. The summed E-state index contributed by atoms with van der Waals surface area (Å²) in [7, 11) is 0. The third kappa shape index (κ3) is 11.7. The third-order valence-corrected chi connectivity index (χ3v) is 3.31. The molecule has 22 heavy (non-hydrogen) atoms. The Bertz CT molecular complexity index is 303. The number of carbonyl (C=O) groups excluding carboxylic acids is 1. The summed E-state index contributed by atoms with van der Waals surface area (Å²) in [5.41, 5.74) is 0.305. The van der Waals surface area contributed by atoms with E-state index >= 15 is 0 Å². The molecule has 0 aromatic rings. The van der Waals surface area contributed by atoms with Crippen molar-refractivity contribution in [1.29, 1.82) is 0 Å². The fourth-order valence-electron chi connectivity index (χ4n) is 1.98. The average molecular weight is 316 g/mol. The molecule has 0 saturated heterocycles. The molecule has 0 heterocycles. The minimum atomic E-state index is -0.916. The highest BCUT2D eigenvalue weighted by Crippen LogP contribution is 2.09. The lowest BCUT2D eigenvalue weighted by atomic mass is 10.1. The summed E-state index contributed by atoms with van der Waals surface area (Å²) in [6, 6.07) is 0. The fraction of sp³-hybridized carbons (Fsp3) is 0.824. The van der Waals surface area contributed by atoms with E-state index in [0.29, 0.717) is 12.2 Å². The first-order chi connectivity index (χ1) is 10.5. The van der Waals surface area contributed by atoms with E-state index in [1.807, 2.05) is 0 Å². The number of aliphatic hydroxyl groups excluding tert-OH is 2. The maximum atomic E-state index is 11.5. The molecule has 0 spiro atoms. The molecular weight excluding hydrogens is 284 g/mol. The first-order valence-electron chi connectivity index (χ1n) is 8.24. The van der Waals surface area contributed by atoms with Crippen LogP contribution in [0.3, 0.4) is 0 Å². The smallest absolute Gasteiger partial charge is 0.333 e. The second-order valence-corrected chi connectivity index (χ2v) is 5.72. The van der Waals surface area contributed by atoms with Crippen LogP contribution in [0.4, 0.5) is 0 Å². The molecule has 0 rings (SSSR count). The molecule has 2 unspecified atom stereocenters. The molecular formula is C17H32O5. The molecule has 0 bridgehead atoms. The molecule has 5 heteroatoms. The maximum absolute atomic E-state index is 11.5. The van der Waals surface area contributed by atoms with Gasteiger partial charge in [-0.15, -0.1) is 0 Å². The summed E-state index contributed by atoms with van der Waals surface area (Å²) in [6.45, 7) is 7.76. The van der Waals surface area contributed by atoms with Crippen molar-refractivity contribution in [3.8, 4) is 0 Å². The van der Waals surface area contributed by atoms with Crippen LogP contribution < -0.4 is 0 Å². The third-order valence-electron chi connectivity index (χ3n) is 3.31. The quantitative estimate of drug-likeness (QED) is 0.293. The molecule has 0 aliphatic heterocycles.